The van der Waals surface area contributed by atoms with E-state index in [2.05, 4.69) is 36.9 Å². The number of nitrogens with zero attached hydrogens (tertiary/aromatic N) is 7. The van der Waals surface area contributed by atoms with E-state index in [1.165, 1.54) is 0 Å². The molecule has 0 bridgehead atoms. The van der Waals surface area contributed by atoms with Crippen LogP contribution in [0.4, 0.5) is 5.82 Å². The first-order valence-corrected chi connectivity index (χ1v) is 13.5. The van der Waals surface area contributed by atoms with Crippen LogP contribution in [0.1, 0.15) is 49.9 Å². The summed E-state index contributed by atoms with van der Waals surface area (Å²) < 4.78 is 5.43. The number of carbonyl (C=O) groups is 1. The van der Waals surface area contributed by atoms with E-state index in [0.717, 1.165) is 45.6 Å². The predicted molar refractivity (Wildman–Crippen MR) is 145 cm³/mol. The fourth-order valence-corrected chi connectivity index (χ4v) is 5.34. The number of hydrogen-bond donors (Lipinski definition) is 0. The minimum atomic E-state index is 0.0744. The van der Waals surface area contributed by atoms with Crippen molar-refractivity contribution >= 4 is 34.9 Å². The number of amides is 1. The first kappa shape index (κ1) is 27.3. The van der Waals surface area contributed by atoms with Crippen LogP contribution in [0.5, 0.6) is 0 Å². The van der Waals surface area contributed by atoms with Gasteiger partial charge in [-0.3, -0.25) is 9.69 Å². The van der Waals surface area contributed by atoms with E-state index < -0.39 is 0 Å². The number of rotatable bonds is 4. The Morgan fingerprint density at radius 1 is 1.03 bits per heavy atom. The second-order valence-electron chi connectivity index (χ2n) is 9.06. The number of anilines is 1. The molecule has 1 aromatic carbocycles. The van der Waals surface area contributed by atoms with Crippen LogP contribution >= 0.6 is 23.2 Å². The molecule has 2 aliphatic heterocycles. The highest BCUT2D eigenvalue weighted by Gasteiger charge is 2.34. The highest BCUT2D eigenvalue weighted by Crippen LogP contribution is 2.29. The van der Waals surface area contributed by atoms with Gasteiger partial charge in [0.1, 0.15) is 5.69 Å². The summed E-state index contributed by atoms with van der Waals surface area (Å²) in [5.41, 5.74) is 1.15. The van der Waals surface area contributed by atoms with Gasteiger partial charge in [0.05, 0.1) is 6.20 Å². The number of piperidine rings is 1. The Balaban J connectivity index is 0.00000156. The second kappa shape index (κ2) is 12.2. The van der Waals surface area contributed by atoms with Gasteiger partial charge in [-0.1, -0.05) is 37.0 Å². The molecule has 5 rings (SSSR count). The Labute approximate surface area is 227 Å². The van der Waals surface area contributed by atoms with Crippen LogP contribution < -0.4 is 4.90 Å². The van der Waals surface area contributed by atoms with E-state index in [1.807, 2.05) is 18.7 Å². The summed E-state index contributed by atoms with van der Waals surface area (Å²) in [6.07, 6.45) is 3.55. The normalized spacial score (nSPS) is 18.9. The standard InChI is InChI=1S/C24H27Cl2N7O2.C2H6/c1-15-14-32(22-21(26)28-20(13-27-22)23-30-29-16(2)35-23)11-12-33(15)19-7-9-31(10-8-19)24(34)17-3-5-18(25)6-4-17;1-2/h3-6,13,15,19H,7-12,14H2,1-2H3;1-2H3. The van der Waals surface area contributed by atoms with Crippen molar-refractivity contribution in [2.45, 2.75) is 52.6 Å². The first-order chi connectivity index (χ1) is 17.9. The number of carbonyl (C=O) groups excluding carboxylic acids is 1. The first-order valence-electron chi connectivity index (χ1n) is 12.8. The zero-order valence-electron chi connectivity index (χ0n) is 21.7. The molecule has 0 N–H and O–H groups in total. The number of halogens is 2. The number of aromatic nitrogens is 4. The van der Waals surface area contributed by atoms with E-state index in [-0.39, 0.29) is 5.91 Å². The third-order valence-corrected chi connectivity index (χ3v) is 7.25. The number of likely N-dealkylation sites (tertiary alicyclic amines) is 1. The van der Waals surface area contributed by atoms with Crippen molar-refractivity contribution in [1.82, 2.24) is 30.0 Å². The molecule has 0 radical (unpaired) electrons. The molecule has 198 valence electrons. The van der Waals surface area contributed by atoms with Gasteiger partial charge in [0, 0.05) is 62.3 Å². The summed E-state index contributed by atoms with van der Waals surface area (Å²) >= 11 is 12.4. The Kier molecular flexibility index (Phi) is 9.00. The van der Waals surface area contributed by atoms with E-state index in [1.54, 1.807) is 37.4 Å². The summed E-state index contributed by atoms with van der Waals surface area (Å²) in [4.78, 5) is 28.5. The largest absolute Gasteiger partial charge is 0.420 e. The summed E-state index contributed by atoms with van der Waals surface area (Å²) in [6, 6.07) is 7.88. The quantitative estimate of drug-likeness (QED) is 0.453. The Hall–Kier alpha value is -2.75. The van der Waals surface area contributed by atoms with Crippen molar-refractivity contribution in [2.24, 2.45) is 0 Å². The molecule has 2 fully saturated rings. The third kappa shape index (κ3) is 6.22. The second-order valence-corrected chi connectivity index (χ2v) is 9.85. The third-order valence-electron chi connectivity index (χ3n) is 6.75. The van der Waals surface area contributed by atoms with Gasteiger partial charge < -0.3 is 14.2 Å². The van der Waals surface area contributed by atoms with Gasteiger partial charge in [-0.05, 0) is 44.0 Å². The van der Waals surface area contributed by atoms with Crippen LogP contribution in [0.3, 0.4) is 0 Å². The van der Waals surface area contributed by atoms with Gasteiger partial charge >= 0.3 is 0 Å². The van der Waals surface area contributed by atoms with Crippen LogP contribution in [-0.4, -0.2) is 80.7 Å². The molecule has 1 unspecified atom stereocenters. The molecule has 0 saturated carbocycles. The van der Waals surface area contributed by atoms with Crippen molar-refractivity contribution in [3.8, 4) is 11.6 Å². The van der Waals surface area contributed by atoms with Crippen LogP contribution in [-0.2, 0) is 0 Å². The van der Waals surface area contributed by atoms with Crippen LogP contribution in [0.15, 0.2) is 34.9 Å². The van der Waals surface area contributed by atoms with Gasteiger partial charge in [0.25, 0.3) is 11.8 Å². The molecule has 2 aromatic heterocycles. The number of hydrogen-bond acceptors (Lipinski definition) is 8. The number of aryl methyl sites for hydroxylation is 1. The Morgan fingerprint density at radius 2 is 1.73 bits per heavy atom. The van der Waals surface area contributed by atoms with E-state index in [0.29, 0.717) is 51.1 Å². The molecule has 2 aliphatic rings. The molecule has 3 aromatic rings. The van der Waals surface area contributed by atoms with Crippen LogP contribution in [0.2, 0.25) is 10.2 Å². The SMILES string of the molecule is CC.Cc1nnc(-c2cnc(N3CCN(C4CCN(C(=O)c5ccc(Cl)cc5)CC4)C(C)C3)c(Cl)n2)o1. The van der Waals surface area contributed by atoms with Crippen molar-refractivity contribution < 1.29 is 9.21 Å². The molecule has 1 atom stereocenters. The molecule has 0 spiro atoms. The average Bonchev–Trinajstić information content (AvgIpc) is 3.36. The van der Waals surface area contributed by atoms with Crippen molar-refractivity contribution in [3.05, 3.63) is 52.1 Å². The molecule has 9 nitrogen and oxygen atoms in total. The fraction of sp³-hybridized carbons (Fsp3) is 0.500. The maximum absolute atomic E-state index is 12.8. The van der Waals surface area contributed by atoms with Crippen LogP contribution in [0, 0.1) is 6.92 Å². The molecule has 1 amide bonds. The van der Waals surface area contributed by atoms with Gasteiger partial charge in [0.15, 0.2) is 11.0 Å². The summed E-state index contributed by atoms with van der Waals surface area (Å²) in [5, 5.41) is 8.78. The lowest BCUT2D eigenvalue weighted by Crippen LogP contribution is -2.58. The highest BCUT2D eigenvalue weighted by molar-refractivity contribution is 6.31. The zero-order chi connectivity index (χ0) is 26.5. The predicted octanol–water partition coefficient (Wildman–Crippen LogP) is 4.98. The molecule has 37 heavy (non-hydrogen) atoms. The van der Waals surface area contributed by atoms with E-state index >= 15 is 0 Å². The number of benzene rings is 1. The minimum absolute atomic E-state index is 0.0744. The highest BCUT2D eigenvalue weighted by atomic mass is 35.5. The lowest BCUT2D eigenvalue weighted by molar-refractivity contribution is 0.0525. The Morgan fingerprint density at radius 3 is 2.32 bits per heavy atom. The molecular formula is C26H33Cl2N7O2. The van der Waals surface area contributed by atoms with E-state index in [4.69, 9.17) is 27.6 Å². The maximum Gasteiger partial charge on any atom is 0.267 e. The minimum Gasteiger partial charge on any atom is -0.420 e. The van der Waals surface area contributed by atoms with Crippen molar-refractivity contribution in [3.63, 3.8) is 0 Å². The maximum atomic E-state index is 12.8. The van der Waals surface area contributed by atoms with E-state index in [9.17, 15) is 4.79 Å². The Bertz CT molecular complexity index is 1200. The molecule has 4 heterocycles. The van der Waals surface area contributed by atoms with Gasteiger partial charge in [-0.2, -0.15) is 0 Å². The van der Waals surface area contributed by atoms with Crippen LogP contribution in [0.25, 0.3) is 11.6 Å². The monoisotopic (exact) mass is 545 g/mol. The van der Waals surface area contributed by atoms with Gasteiger partial charge in [-0.15, -0.1) is 10.2 Å². The molecule has 0 aliphatic carbocycles. The summed E-state index contributed by atoms with van der Waals surface area (Å²) in [6.45, 7) is 12.0. The topological polar surface area (TPSA) is 91.5 Å². The van der Waals surface area contributed by atoms with Gasteiger partial charge in [0.2, 0.25) is 5.89 Å². The van der Waals surface area contributed by atoms with Crippen molar-refractivity contribution in [2.75, 3.05) is 37.6 Å². The smallest absolute Gasteiger partial charge is 0.267 e. The average molecular weight is 547 g/mol. The van der Waals surface area contributed by atoms with Gasteiger partial charge in [-0.25, -0.2) is 9.97 Å². The molecule has 11 heteroatoms. The fourth-order valence-electron chi connectivity index (χ4n) is 4.96. The summed E-state index contributed by atoms with van der Waals surface area (Å²) in [5.74, 6) is 1.52. The van der Waals surface area contributed by atoms with Crippen molar-refractivity contribution in [1.29, 1.82) is 0 Å². The lowest BCUT2D eigenvalue weighted by atomic mass is 9.99. The summed E-state index contributed by atoms with van der Waals surface area (Å²) in [7, 11) is 0. The zero-order valence-corrected chi connectivity index (χ0v) is 23.2. The lowest BCUT2D eigenvalue weighted by Gasteiger charge is -2.46. The number of piperazine rings is 1. The molecular weight excluding hydrogens is 513 g/mol. The molecule has 2 saturated heterocycles.